The molecule has 0 amide bonds. The van der Waals surface area contributed by atoms with Gasteiger partial charge in [-0.15, -0.1) is 0 Å². The van der Waals surface area contributed by atoms with E-state index in [-0.39, 0.29) is 6.54 Å². The first-order valence-corrected chi connectivity index (χ1v) is 6.87. The maximum Gasteiger partial charge on any atom is 0.171 e. The third-order valence-corrected chi connectivity index (χ3v) is 3.17. The Labute approximate surface area is 124 Å². The van der Waals surface area contributed by atoms with Gasteiger partial charge in [-0.2, -0.15) is 15.6 Å². The molecule has 0 atom stereocenters. The average molecular weight is 280 g/mol. The summed E-state index contributed by atoms with van der Waals surface area (Å²) in [6, 6.07) is 11.1. The summed E-state index contributed by atoms with van der Waals surface area (Å²) in [6.07, 6.45) is 1.47. The Balaban J connectivity index is 2.37. The molecule has 1 aromatic carbocycles. The Morgan fingerprint density at radius 2 is 1.86 bits per heavy atom. The van der Waals surface area contributed by atoms with Gasteiger partial charge in [0.15, 0.2) is 5.75 Å². The summed E-state index contributed by atoms with van der Waals surface area (Å²) >= 11 is 0. The van der Waals surface area contributed by atoms with Gasteiger partial charge in [0.05, 0.1) is 23.4 Å². The minimum absolute atomic E-state index is 0.215. The van der Waals surface area contributed by atoms with Crippen molar-refractivity contribution in [3.05, 3.63) is 41.2 Å². The number of aryl methyl sites for hydroxylation is 1. The SMILES string of the molecule is CCc1nn(CC#N)c(CC)c1Oc1ccc(C#N)cc1. The molecular weight excluding hydrogens is 264 g/mol. The van der Waals surface area contributed by atoms with E-state index < -0.39 is 0 Å². The van der Waals surface area contributed by atoms with Gasteiger partial charge >= 0.3 is 0 Å². The van der Waals surface area contributed by atoms with Crippen molar-refractivity contribution in [1.82, 2.24) is 9.78 Å². The van der Waals surface area contributed by atoms with Crippen molar-refractivity contribution >= 4 is 0 Å². The normalized spacial score (nSPS) is 9.90. The first kappa shape index (κ1) is 14.6. The lowest BCUT2D eigenvalue weighted by Crippen LogP contribution is -2.03. The van der Waals surface area contributed by atoms with Crippen LogP contribution in [0.25, 0.3) is 0 Å². The van der Waals surface area contributed by atoms with Crippen molar-refractivity contribution in [3.8, 4) is 23.6 Å². The molecule has 0 aliphatic rings. The Morgan fingerprint density at radius 1 is 1.14 bits per heavy atom. The second-order valence-corrected chi connectivity index (χ2v) is 4.48. The van der Waals surface area contributed by atoms with Crippen molar-refractivity contribution in [2.75, 3.05) is 0 Å². The molecule has 5 heteroatoms. The molecule has 0 saturated carbocycles. The summed E-state index contributed by atoms with van der Waals surface area (Å²) in [4.78, 5) is 0. The fourth-order valence-corrected chi connectivity index (χ4v) is 2.14. The summed E-state index contributed by atoms with van der Waals surface area (Å²) in [5, 5.41) is 22.1. The monoisotopic (exact) mass is 280 g/mol. The lowest BCUT2D eigenvalue weighted by Gasteiger charge is -2.08. The quantitative estimate of drug-likeness (QED) is 0.842. The summed E-state index contributed by atoms with van der Waals surface area (Å²) in [7, 11) is 0. The molecule has 0 radical (unpaired) electrons. The van der Waals surface area contributed by atoms with E-state index in [4.69, 9.17) is 15.3 Å². The minimum atomic E-state index is 0.215. The zero-order valence-corrected chi connectivity index (χ0v) is 12.1. The molecule has 21 heavy (non-hydrogen) atoms. The number of aromatic nitrogens is 2. The van der Waals surface area contributed by atoms with E-state index in [1.165, 1.54) is 0 Å². The van der Waals surface area contributed by atoms with E-state index in [2.05, 4.69) is 17.2 Å². The number of hydrogen-bond donors (Lipinski definition) is 0. The highest BCUT2D eigenvalue weighted by Gasteiger charge is 2.17. The minimum Gasteiger partial charge on any atom is -0.453 e. The van der Waals surface area contributed by atoms with Gasteiger partial charge in [0, 0.05) is 0 Å². The summed E-state index contributed by atoms with van der Waals surface area (Å²) in [6.45, 7) is 4.23. The molecule has 0 aliphatic carbocycles. The van der Waals surface area contributed by atoms with Gasteiger partial charge in [0.25, 0.3) is 0 Å². The lowest BCUT2D eigenvalue weighted by molar-refractivity contribution is 0.469. The van der Waals surface area contributed by atoms with Crippen molar-refractivity contribution in [2.45, 2.75) is 33.2 Å². The molecule has 0 unspecified atom stereocenters. The first-order valence-electron chi connectivity index (χ1n) is 6.87. The van der Waals surface area contributed by atoms with Gasteiger partial charge in [-0.3, -0.25) is 4.68 Å². The summed E-state index contributed by atoms with van der Waals surface area (Å²) in [5.41, 5.74) is 2.35. The van der Waals surface area contributed by atoms with Gasteiger partial charge in [-0.25, -0.2) is 0 Å². The smallest absolute Gasteiger partial charge is 0.171 e. The molecule has 5 nitrogen and oxygen atoms in total. The van der Waals surface area contributed by atoms with Crippen LogP contribution in [-0.2, 0) is 19.4 Å². The number of ether oxygens (including phenoxy) is 1. The van der Waals surface area contributed by atoms with Gasteiger partial charge in [-0.1, -0.05) is 13.8 Å². The van der Waals surface area contributed by atoms with Crippen LogP contribution in [-0.4, -0.2) is 9.78 Å². The predicted octanol–water partition coefficient (Wildman–Crippen LogP) is 3.20. The van der Waals surface area contributed by atoms with Crippen LogP contribution in [0, 0.1) is 22.7 Å². The van der Waals surface area contributed by atoms with Crippen LogP contribution in [0.3, 0.4) is 0 Å². The number of benzene rings is 1. The Bertz CT molecular complexity index is 702. The van der Waals surface area contributed by atoms with Crippen LogP contribution in [0.1, 0.15) is 30.8 Å². The summed E-state index contributed by atoms with van der Waals surface area (Å²) < 4.78 is 7.64. The molecule has 0 bridgehead atoms. The third kappa shape index (κ3) is 3.04. The molecule has 1 heterocycles. The zero-order valence-electron chi connectivity index (χ0n) is 12.1. The maximum absolute atomic E-state index is 8.88. The maximum atomic E-state index is 8.88. The highest BCUT2D eigenvalue weighted by molar-refractivity contribution is 5.41. The Kier molecular flexibility index (Phi) is 4.58. The average Bonchev–Trinajstić information content (AvgIpc) is 2.85. The molecular formula is C16H16N4O. The summed E-state index contributed by atoms with van der Waals surface area (Å²) in [5.74, 6) is 1.38. The highest BCUT2D eigenvalue weighted by Crippen LogP contribution is 2.30. The fraction of sp³-hybridized carbons (Fsp3) is 0.312. The molecule has 106 valence electrons. The van der Waals surface area contributed by atoms with E-state index in [1.807, 2.05) is 13.8 Å². The molecule has 0 saturated heterocycles. The molecule has 0 fully saturated rings. The number of hydrogen-bond acceptors (Lipinski definition) is 4. The molecule has 0 spiro atoms. The van der Waals surface area contributed by atoms with Crippen LogP contribution >= 0.6 is 0 Å². The van der Waals surface area contributed by atoms with Crippen molar-refractivity contribution in [2.24, 2.45) is 0 Å². The van der Waals surface area contributed by atoms with E-state index in [0.29, 0.717) is 11.3 Å². The Hall–Kier alpha value is -2.79. The molecule has 0 aliphatic heterocycles. The van der Waals surface area contributed by atoms with Crippen LogP contribution in [0.5, 0.6) is 11.5 Å². The van der Waals surface area contributed by atoms with Gasteiger partial charge in [-0.05, 0) is 37.1 Å². The fourth-order valence-electron chi connectivity index (χ4n) is 2.14. The predicted molar refractivity (Wildman–Crippen MR) is 77.8 cm³/mol. The number of rotatable bonds is 5. The van der Waals surface area contributed by atoms with E-state index in [0.717, 1.165) is 30.0 Å². The van der Waals surface area contributed by atoms with Crippen LogP contribution < -0.4 is 4.74 Å². The molecule has 0 N–H and O–H groups in total. The molecule has 2 rings (SSSR count). The number of nitriles is 2. The van der Waals surface area contributed by atoms with Crippen molar-refractivity contribution in [3.63, 3.8) is 0 Å². The van der Waals surface area contributed by atoms with Crippen LogP contribution in [0.4, 0.5) is 0 Å². The standard InChI is InChI=1S/C16H16N4O/c1-3-14-16(15(4-2)20(19-14)10-9-17)21-13-7-5-12(11-18)6-8-13/h5-8H,3-4,10H2,1-2H3. The second kappa shape index (κ2) is 6.58. The van der Waals surface area contributed by atoms with E-state index >= 15 is 0 Å². The zero-order chi connectivity index (χ0) is 15.2. The highest BCUT2D eigenvalue weighted by atomic mass is 16.5. The van der Waals surface area contributed by atoms with Crippen LogP contribution in [0.2, 0.25) is 0 Å². The van der Waals surface area contributed by atoms with Gasteiger partial charge < -0.3 is 4.74 Å². The van der Waals surface area contributed by atoms with Crippen LogP contribution in [0.15, 0.2) is 24.3 Å². The van der Waals surface area contributed by atoms with Crippen molar-refractivity contribution < 1.29 is 4.74 Å². The number of nitrogens with zero attached hydrogens (tertiary/aromatic N) is 4. The largest absolute Gasteiger partial charge is 0.453 e. The van der Waals surface area contributed by atoms with Gasteiger partial charge in [0.1, 0.15) is 18.0 Å². The van der Waals surface area contributed by atoms with Gasteiger partial charge in [0.2, 0.25) is 0 Å². The van der Waals surface area contributed by atoms with E-state index in [1.54, 1.807) is 28.9 Å². The second-order valence-electron chi connectivity index (χ2n) is 4.48. The molecule has 1 aromatic heterocycles. The Morgan fingerprint density at radius 3 is 2.38 bits per heavy atom. The third-order valence-electron chi connectivity index (χ3n) is 3.17. The topological polar surface area (TPSA) is 74.6 Å². The molecule has 2 aromatic rings. The lowest BCUT2D eigenvalue weighted by atomic mass is 10.2. The van der Waals surface area contributed by atoms with Crippen molar-refractivity contribution in [1.29, 1.82) is 10.5 Å². The first-order chi connectivity index (χ1) is 10.2. The van der Waals surface area contributed by atoms with E-state index in [9.17, 15) is 0 Å².